The molecule has 0 bridgehead atoms. The maximum atomic E-state index is 13.1. The summed E-state index contributed by atoms with van der Waals surface area (Å²) in [7, 11) is 0. The number of anilines is 1. The molecule has 2 aromatic carbocycles. The van der Waals surface area contributed by atoms with Gasteiger partial charge in [-0.2, -0.15) is 13.2 Å². The zero-order valence-corrected chi connectivity index (χ0v) is 14.2. The molecular formula is C19H16F4N2O2. The highest BCUT2D eigenvalue weighted by molar-refractivity contribution is 6.06. The van der Waals surface area contributed by atoms with E-state index in [1.807, 2.05) is 0 Å². The Bertz CT molecular complexity index is 850. The number of alkyl halides is 3. The van der Waals surface area contributed by atoms with Crippen LogP contribution in [0.3, 0.4) is 0 Å². The highest BCUT2D eigenvalue weighted by Gasteiger charge is 2.32. The van der Waals surface area contributed by atoms with E-state index in [2.05, 4.69) is 0 Å². The normalized spacial score (nSPS) is 14.5. The van der Waals surface area contributed by atoms with Crippen molar-refractivity contribution in [1.82, 2.24) is 4.90 Å². The van der Waals surface area contributed by atoms with Crippen LogP contribution in [0.5, 0.6) is 0 Å². The predicted octanol–water partition coefficient (Wildman–Crippen LogP) is 4.07. The molecule has 3 rings (SSSR count). The Morgan fingerprint density at radius 1 is 1.11 bits per heavy atom. The minimum absolute atomic E-state index is 0.0128. The number of carbonyl (C=O) groups is 2. The summed E-state index contributed by atoms with van der Waals surface area (Å²) in [6, 6.07) is 9.05. The van der Waals surface area contributed by atoms with Crippen LogP contribution in [0.25, 0.3) is 0 Å². The number of nitrogens with zero attached hydrogens (tertiary/aromatic N) is 2. The molecule has 1 fully saturated rings. The zero-order chi connectivity index (χ0) is 19.6. The zero-order valence-electron chi connectivity index (χ0n) is 14.2. The topological polar surface area (TPSA) is 40.6 Å². The van der Waals surface area contributed by atoms with Crippen LogP contribution < -0.4 is 4.90 Å². The first-order valence-corrected chi connectivity index (χ1v) is 8.28. The fraction of sp³-hybridized carbons (Fsp3) is 0.263. The van der Waals surface area contributed by atoms with Crippen molar-refractivity contribution in [3.8, 4) is 0 Å². The fourth-order valence-corrected chi connectivity index (χ4v) is 2.89. The molecule has 0 aromatic heterocycles. The van der Waals surface area contributed by atoms with Crippen LogP contribution in [0.4, 0.5) is 23.2 Å². The third-order valence-electron chi connectivity index (χ3n) is 4.30. The standard InChI is InChI=1S/C19H16F4N2O2/c20-15-8-6-13(7-9-15)18(27)25(12-24-10-2-5-17(24)26)16-4-1-3-14(11-16)19(21,22)23/h1,3-4,6-9,11H,2,5,10,12H2. The number of hydrogen-bond acceptors (Lipinski definition) is 2. The van der Waals surface area contributed by atoms with Crippen molar-refractivity contribution in [2.45, 2.75) is 19.0 Å². The van der Waals surface area contributed by atoms with E-state index in [-0.39, 0.29) is 23.8 Å². The highest BCUT2D eigenvalue weighted by Crippen LogP contribution is 2.32. The monoisotopic (exact) mass is 380 g/mol. The van der Waals surface area contributed by atoms with Crippen LogP contribution in [-0.4, -0.2) is 29.9 Å². The van der Waals surface area contributed by atoms with Crippen LogP contribution in [0.2, 0.25) is 0 Å². The van der Waals surface area contributed by atoms with Crippen molar-refractivity contribution < 1.29 is 27.2 Å². The predicted molar refractivity (Wildman–Crippen MR) is 90.5 cm³/mol. The molecule has 142 valence electrons. The molecule has 0 unspecified atom stereocenters. The number of rotatable bonds is 4. The molecule has 0 atom stereocenters. The third-order valence-corrected chi connectivity index (χ3v) is 4.30. The average Bonchev–Trinajstić information content (AvgIpc) is 3.04. The first kappa shape index (κ1) is 18.9. The molecule has 1 aliphatic rings. The lowest BCUT2D eigenvalue weighted by Gasteiger charge is -2.28. The van der Waals surface area contributed by atoms with E-state index < -0.39 is 23.5 Å². The average molecular weight is 380 g/mol. The van der Waals surface area contributed by atoms with Crippen LogP contribution >= 0.6 is 0 Å². The van der Waals surface area contributed by atoms with Gasteiger partial charge in [0.2, 0.25) is 5.91 Å². The summed E-state index contributed by atoms with van der Waals surface area (Å²) in [5.41, 5.74) is -0.774. The molecule has 1 saturated heterocycles. The number of carbonyl (C=O) groups excluding carboxylic acids is 2. The Balaban J connectivity index is 1.98. The van der Waals surface area contributed by atoms with Gasteiger partial charge in [0.15, 0.2) is 0 Å². The van der Waals surface area contributed by atoms with Gasteiger partial charge in [-0.05, 0) is 48.9 Å². The maximum Gasteiger partial charge on any atom is 0.416 e. The quantitative estimate of drug-likeness (QED) is 0.751. The number of hydrogen-bond donors (Lipinski definition) is 0. The molecule has 4 nitrogen and oxygen atoms in total. The first-order chi connectivity index (χ1) is 12.8. The minimum atomic E-state index is -4.57. The summed E-state index contributed by atoms with van der Waals surface area (Å²) in [5.74, 6) is -1.32. The van der Waals surface area contributed by atoms with E-state index in [0.29, 0.717) is 19.4 Å². The maximum absolute atomic E-state index is 13.1. The van der Waals surface area contributed by atoms with Gasteiger partial charge >= 0.3 is 6.18 Å². The second-order valence-electron chi connectivity index (χ2n) is 6.19. The fourth-order valence-electron chi connectivity index (χ4n) is 2.89. The molecule has 1 aliphatic heterocycles. The van der Waals surface area contributed by atoms with Crippen molar-refractivity contribution in [1.29, 1.82) is 0 Å². The van der Waals surface area contributed by atoms with E-state index in [1.54, 1.807) is 0 Å². The van der Waals surface area contributed by atoms with Gasteiger partial charge in [-0.25, -0.2) is 4.39 Å². The van der Waals surface area contributed by atoms with Crippen molar-refractivity contribution in [2.75, 3.05) is 18.1 Å². The van der Waals surface area contributed by atoms with Gasteiger partial charge in [-0.3, -0.25) is 14.5 Å². The van der Waals surface area contributed by atoms with Gasteiger partial charge < -0.3 is 4.90 Å². The summed E-state index contributed by atoms with van der Waals surface area (Å²) >= 11 is 0. The van der Waals surface area contributed by atoms with Crippen LogP contribution in [0.15, 0.2) is 48.5 Å². The highest BCUT2D eigenvalue weighted by atomic mass is 19.4. The lowest BCUT2D eigenvalue weighted by molar-refractivity contribution is -0.137. The summed E-state index contributed by atoms with van der Waals surface area (Å²) in [6.07, 6.45) is -3.61. The van der Waals surface area contributed by atoms with Crippen LogP contribution in [-0.2, 0) is 11.0 Å². The number of amides is 2. The van der Waals surface area contributed by atoms with Gasteiger partial charge in [0.05, 0.1) is 5.56 Å². The molecule has 8 heteroatoms. The van der Waals surface area contributed by atoms with Gasteiger partial charge in [-0.15, -0.1) is 0 Å². The van der Waals surface area contributed by atoms with Gasteiger partial charge in [0, 0.05) is 24.2 Å². The van der Waals surface area contributed by atoms with Crippen LogP contribution in [0.1, 0.15) is 28.8 Å². The van der Waals surface area contributed by atoms with Gasteiger partial charge in [0.25, 0.3) is 5.91 Å². The molecule has 0 spiro atoms. The lowest BCUT2D eigenvalue weighted by Crippen LogP contribution is -2.42. The third kappa shape index (κ3) is 4.27. The van der Waals surface area contributed by atoms with E-state index in [1.165, 1.54) is 29.2 Å². The Kier molecular flexibility index (Phi) is 5.16. The van der Waals surface area contributed by atoms with Gasteiger partial charge in [-0.1, -0.05) is 6.07 Å². The lowest BCUT2D eigenvalue weighted by atomic mass is 10.1. The smallest absolute Gasteiger partial charge is 0.324 e. The molecule has 2 amide bonds. The summed E-state index contributed by atoms with van der Waals surface area (Å²) in [6.45, 7) is 0.251. The molecule has 2 aromatic rings. The van der Waals surface area contributed by atoms with Gasteiger partial charge in [0.1, 0.15) is 12.5 Å². The van der Waals surface area contributed by atoms with E-state index in [9.17, 15) is 27.2 Å². The molecule has 0 N–H and O–H groups in total. The Labute approximate surface area is 153 Å². The second-order valence-corrected chi connectivity index (χ2v) is 6.19. The van der Waals surface area contributed by atoms with Crippen molar-refractivity contribution >= 4 is 17.5 Å². The summed E-state index contributed by atoms with van der Waals surface area (Å²) < 4.78 is 52.3. The first-order valence-electron chi connectivity index (χ1n) is 8.28. The van der Waals surface area contributed by atoms with Crippen molar-refractivity contribution in [2.24, 2.45) is 0 Å². The molecule has 0 saturated carbocycles. The number of benzene rings is 2. The molecule has 0 radical (unpaired) electrons. The summed E-state index contributed by atoms with van der Waals surface area (Å²) in [4.78, 5) is 27.3. The van der Waals surface area contributed by atoms with E-state index in [0.717, 1.165) is 29.2 Å². The molecule has 0 aliphatic carbocycles. The molecule has 27 heavy (non-hydrogen) atoms. The number of likely N-dealkylation sites (tertiary alicyclic amines) is 1. The molecular weight excluding hydrogens is 364 g/mol. The SMILES string of the molecule is O=C1CCCN1CN(C(=O)c1ccc(F)cc1)c1cccc(C(F)(F)F)c1. The minimum Gasteiger partial charge on any atom is -0.324 e. The van der Waals surface area contributed by atoms with Crippen molar-refractivity contribution in [3.63, 3.8) is 0 Å². The van der Waals surface area contributed by atoms with E-state index in [4.69, 9.17) is 0 Å². The second kappa shape index (κ2) is 7.38. The Morgan fingerprint density at radius 3 is 2.41 bits per heavy atom. The largest absolute Gasteiger partial charge is 0.416 e. The van der Waals surface area contributed by atoms with E-state index >= 15 is 0 Å². The van der Waals surface area contributed by atoms with Crippen molar-refractivity contribution in [3.05, 3.63) is 65.5 Å². The Hall–Kier alpha value is -2.90. The summed E-state index contributed by atoms with van der Waals surface area (Å²) in [5, 5.41) is 0. The molecule has 1 heterocycles. The Morgan fingerprint density at radius 2 is 1.81 bits per heavy atom. The van der Waals surface area contributed by atoms with Crippen LogP contribution in [0, 0.1) is 5.82 Å². The number of halogens is 4.